The highest BCUT2D eigenvalue weighted by molar-refractivity contribution is 8.93. The fourth-order valence-electron chi connectivity index (χ4n) is 1.33. The molecule has 0 aromatic rings. The van der Waals surface area contributed by atoms with Crippen molar-refractivity contribution in [3.05, 3.63) is 0 Å². The van der Waals surface area contributed by atoms with Crippen LogP contribution >= 0.6 is 17.0 Å². The predicted octanol–water partition coefficient (Wildman–Crippen LogP) is 1.78. The van der Waals surface area contributed by atoms with Crippen LogP contribution in [0.2, 0.25) is 0 Å². The molecule has 0 rings (SSSR count). The van der Waals surface area contributed by atoms with Crippen LogP contribution in [-0.4, -0.2) is 34.3 Å². The molecule has 98 valence electrons. The number of hydrogen-bond acceptors (Lipinski definition) is 4. The third-order valence-electron chi connectivity index (χ3n) is 2.09. The molecule has 0 saturated carbocycles. The Morgan fingerprint density at radius 3 is 1.76 bits per heavy atom. The number of aliphatic imine (C=N–C) groups is 1. The molecule has 0 amide bonds. The molecule has 0 fully saturated rings. The first-order valence-electron chi connectivity index (χ1n) is 5.06. The van der Waals surface area contributed by atoms with Gasteiger partial charge in [-0.15, -0.1) is 17.0 Å². The van der Waals surface area contributed by atoms with E-state index in [2.05, 4.69) is 4.99 Å². The van der Waals surface area contributed by atoms with Crippen molar-refractivity contribution in [3.63, 3.8) is 0 Å². The van der Waals surface area contributed by atoms with Crippen LogP contribution in [0.5, 0.6) is 0 Å². The summed E-state index contributed by atoms with van der Waals surface area (Å²) < 4.78 is 0. The number of carboxylic acids is 2. The Hall–Kier alpha value is -1.20. The van der Waals surface area contributed by atoms with Gasteiger partial charge in [0.25, 0.3) is 0 Å². The minimum atomic E-state index is -0.889. The molecular formula is C10H16BrNO5. The van der Waals surface area contributed by atoms with Gasteiger partial charge in [0, 0.05) is 12.8 Å². The van der Waals surface area contributed by atoms with Gasteiger partial charge in [-0.05, 0) is 25.7 Å². The second-order valence-corrected chi connectivity index (χ2v) is 3.45. The fourth-order valence-corrected chi connectivity index (χ4v) is 1.33. The molecule has 6 nitrogen and oxygen atoms in total. The fraction of sp³-hybridized carbons (Fsp3) is 0.700. The molecule has 0 unspecified atom stereocenters. The van der Waals surface area contributed by atoms with E-state index < -0.39 is 11.9 Å². The second kappa shape index (κ2) is 11.3. The van der Waals surface area contributed by atoms with Gasteiger partial charge in [0.1, 0.15) is 0 Å². The van der Waals surface area contributed by atoms with E-state index in [4.69, 9.17) is 10.2 Å². The van der Waals surface area contributed by atoms with Gasteiger partial charge >= 0.3 is 11.9 Å². The molecule has 7 heteroatoms. The van der Waals surface area contributed by atoms with Crippen LogP contribution < -0.4 is 0 Å². The van der Waals surface area contributed by atoms with Crippen molar-refractivity contribution >= 4 is 35.0 Å². The van der Waals surface area contributed by atoms with E-state index in [1.165, 1.54) is 6.08 Å². The monoisotopic (exact) mass is 309 g/mol. The molecule has 0 saturated heterocycles. The molecule has 0 aromatic carbocycles. The maximum atomic E-state index is 10.3. The quantitative estimate of drug-likeness (QED) is 0.499. The molecule has 0 atom stereocenters. The zero-order valence-electron chi connectivity index (χ0n) is 9.29. The summed E-state index contributed by atoms with van der Waals surface area (Å²) >= 11 is 0. The van der Waals surface area contributed by atoms with E-state index in [9.17, 15) is 14.4 Å². The van der Waals surface area contributed by atoms with Crippen molar-refractivity contribution in [2.45, 2.75) is 44.6 Å². The van der Waals surface area contributed by atoms with Crippen molar-refractivity contribution in [2.24, 2.45) is 4.99 Å². The predicted molar refractivity (Wildman–Crippen MR) is 65.2 cm³/mol. The van der Waals surface area contributed by atoms with Crippen LogP contribution in [-0.2, 0) is 14.4 Å². The lowest BCUT2D eigenvalue weighted by molar-refractivity contribution is -0.138. The normalized spacial score (nSPS) is 9.24. The number of carbonyl (C=O) groups excluding carboxylic acids is 1. The highest BCUT2D eigenvalue weighted by Crippen LogP contribution is 2.12. The summed E-state index contributed by atoms with van der Waals surface area (Å²) in [6.45, 7) is 0. The lowest BCUT2D eigenvalue weighted by Crippen LogP contribution is -2.07. The standard InChI is InChI=1S/C10H15NO5.BrH/c12-7-11-8(3-1-5-9(13)14)4-2-6-10(15)16;/h8H,1-6H2,(H,13,14)(H,15,16);1H. The number of nitrogens with zero attached hydrogens (tertiary/aromatic N) is 1. The summed E-state index contributed by atoms with van der Waals surface area (Å²) in [5.74, 6) is -1.78. The van der Waals surface area contributed by atoms with E-state index in [0.717, 1.165) is 0 Å². The second-order valence-electron chi connectivity index (χ2n) is 3.45. The Balaban J connectivity index is 0. The Labute approximate surface area is 110 Å². The third kappa shape index (κ3) is 12.7. The lowest BCUT2D eigenvalue weighted by atomic mass is 10.0. The molecule has 0 aliphatic carbocycles. The first kappa shape index (κ1) is 18.2. The van der Waals surface area contributed by atoms with E-state index in [1.807, 2.05) is 0 Å². The van der Waals surface area contributed by atoms with Crippen molar-refractivity contribution < 1.29 is 24.6 Å². The summed E-state index contributed by atoms with van der Waals surface area (Å²) in [7, 11) is 0. The number of isocyanates is 1. The molecule has 2 N–H and O–H groups in total. The molecule has 0 aliphatic rings. The minimum Gasteiger partial charge on any atom is -0.481 e. The summed E-state index contributed by atoms with van der Waals surface area (Å²) in [6.07, 6.45) is 3.29. The van der Waals surface area contributed by atoms with Crippen LogP contribution in [0.25, 0.3) is 0 Å². The van der Waals surface area contributed by atoms with Crippen molar-refractivity contribution in [1.82, 2.24) is 0 Å². The maximum Gasteiger partial charge on any atom is 0.303 e. The topological polar surface area (TPSA) is 104 Å². The maximum absolute atomic E-state index is 10.3. The van der Waals surface area contributed by atoms with Crippen molar-refractivity contribution in [3.8, 4) is 0 Å². The highest BCUT2D eigenvalue weighted by Gasteiger charge is 2.09. The zero-order chi connectivity index (χ0) is 12.4. The van der Waals surface area contributed by atoms with E-state index in [1.54, 1.807) is 0 Å². The summed E-state index contributed by atoms with van der Waals surface area (Å²) in [4.78, 5) is 34.1. The Kier molecular flexibility index (Phi) is 12.1. The van der Waals surface area contributed by atoms with Crippen molar-refractivity contribution in [1.29, 1.82) is 0 Å². The molecular weight excluding hydrogens is 294 g/mol. The number of carboxylic acid groups (broad SMARTS) is 2. The third-order valence-corrected chi connectivity index (χ3v) is 2.09. The Morgan fingerprint density at radius 2 is 1.47 bits per heavy atom. The Morgan fingerprint density at radius 1 is 1.06 bits per heavy atom. The van der Waals surface area contributed by atoms with Crippen molar-refractivity contribution in [2.75, 3.05) is 0 Å². The molecule has 0 radical (unpaired) electrons. The van der Waals surface area contributed by atoms with E-state index in [-0.39, 0.29) is 35.9 Å². The minimum absolute atomic E-state index is 0. The zero-order valence-corrected chi connectivity index (χ0v) is 11.0. The number of hydrogen-bond donors (Lipinski definition) is 2. The van der Waals surface area contributed by atoms with Crippen LogP contribution in [0.15, 0.2) is 4.99 Å². The molecule has 0 heterocycles. The smallest absolute Gasteiger partial charge is 0.303 e. The summed E-state index contributed by atoms with van der Waals surface area (Å²) in [6, 6.07) is -0.309. The molecule has 0 spiro atoms. The van der Waals surface area contributed by atoms with Crippen LogP contribution in [0.4, 0.5) is 0 Å². The lowest BCUT2D eigenvalue weighted by Gasteiger charge is -2.08. The van der Waals surface area contributed by atoms with Gasteiger partial charge in [0.2, 0.25) is 6.08 Å². The number of rotatable bonds is 9. The van der Waals surface area contributed by atoms with E-state index >= 15 is 0 Å². The van der Waals surface area contributed by atoms with Gasteiger partial charge in [-0.1, -0.05) is 0 Å². The van der Waals surface area contributed by atoms with Crippen LogP contribution in [0.3, 0.4) is 0 Å². The average molecular weight is 310 g/mol. The van der Waals surface area contributed by atoms with Gasteiger partial charge in [0.15, 0.2) is 0 Å². The Bertz CT molecular complexity index is 268. The number of aliphatic carboxylic acids is 2. The SMILES string of the molecule is Br.O=C=NC(CCCC(=O)O)CCCC(=O)O. The number of carbonyl (C=O) groups is 2. The van der Waals surface area contributed by atoms with Gasteiger partial charge in [-0.25, -0.2) is 9.79 Å². The van der Waals surface area contributed by atoms with E-state index in [0.29, 0.717) is 25.7 Å². The van der Waals surface area contributed by atoms with Gasteiger partial charge in [0.05, 0.1) is 6.04 Å². The van der Waals surface area contributed by atoms with Crippen LogP contribution in [0, 0.1) is 0 Å². The van der Waals surface area contributed by atoms with Gasteiger partial charge in [-0.2, -0.15) is 0 Å². The summed E-state index contributed by atoms with van der Waals surface area (Å²) in [5.41, 5.74) is 0. The molecule has 0 bridgehead atoms. The highest BCUT2D eigenvalue weighted by atomic mass is 79.9. The largest absolute Gasteiger partial charge is 0.481 e. The average Bonchev–Trinajstić information content (AvgIpc) is 2.16. The molecule has 17 heavy (non-hydrogen) atoms. The van der Waals surface area contributed by atoms with Crippen LogP contribution in [0.1, 0.15) is 38.5 Å². The van der Waals surface area contributed by atoms with Gasteiger partial charge < -0.3 is 10.2 Å². The first-order valence-corrected chi connectivity index (χ1v) is 5.06. The van der Waals surface area contributed by atoms with Gasteiger partial charge in [-0.3, -0.25) is 9.59 Å². The summed E-state index contributed by atoms with van der Waals surface area (Å²) in [5, 5.41) is 16.8. The number of halogens is 1. The first-order chi connectivity index (χ1) is 7.56. The molecule has 0 aliphatic heterocycles. The molecule has 0 aromatic heterocycles.